The fourth-order valence-corrected chi connectivity index (χ4v) is 1.84. The molecule has 0 saturated carbocycles. The molecule has 4 N–H and O–H groups in total. The van der Waals surface area contributed by atoms with E-state index in [0.29, 0.717) is 17.7 Å². The van der Waals surface area contributed by atoms with Gasteiger partial charge in [0, 0.05) is 35.7 Å². The molecular formula is C17H18N2O4. The van der Waals surface area contributed by atoms with Crippen molar-refractivity contribution < 1.29 is 20.4 Å². The first-order valence-corrected chi connectivity index (χ1v) is 7.02. The molecule has 2 rings (SSSR count). The lowest BCUT2D eigenvalue weighted by atomic mass is 10.2. The van der Waals surface area contributed by atoms with Gasteiger partial charge < -0.3 is 20.4 Å². The molecular weight excluding hydrogens is 296 g/mol. The second kappa shape index (κ2) is 7.31. The summed E-state index contributed by atoms with van der Waals surface area (Å²) in [5, 5.41) is 37.7. The number of hydrogen-bond donors (Lipinski definition) is 4. The van der Waals surface area contributed by atoms with Crippen molar-refractivity contribution in [3.63, 3.8) is 0 Å². The highest BCUT2D eigenvalue weighted by Gasteiger charge is 2.02. The van der Waals surface area contributed by atoms with Gasteiger partial charge in [-0.05, 0) is 31.2 Å². The van der Waals surface area contributed by atoms with Crippen molar-refractivity contribution in [3.05, 3.63) is 47.5 Å². The molecule has 0 aliphatic heterocycles. The Balaban J connectivity index is 1.95. The van der Waals surface area contributed by atoms with E-state index in [9.17, 15) is 20.4 Å². The maximum atomic E-state index is 9.65. The zero-order valence-corrected chi connectivity index (χ0v) is 12.6. The highest BCUT2D eigenvalue weighted by molar-refractivity contribution is 5.84. The average Bonchev–Trinajstić information content (AvgIpc) is 2.48. The van der Waals surface area contributed by atoms with Crippen LogP contribution >= 0.6 is 0 Å². The van der Waals surface area contributed by atoms with Crippen LogP contribution in [-0.4, -0.2) is 45.4 Å². The van der Waals surface area contributed by atoms with Gasteiger partial charge in [-0.15, -0.1) is 0 Å². The van der Waals surface area contributed by atoms with Gasteiger partial charge in [-0.3, -0.25) is 9.98 Å². The zero-order valence-electron chi connectivity index (χ0n) is 12.6. The standard InChI is InChI=1S/C17H18N2O4/c1-11(19-10-13-3-5-15(21)7-17(13)23)8-18-9-12-2-4-14(20)6-16(12)22/h2-7,9-11,20-23H,8H2,1H3. The van der Waals surface area contributed by atoms with Gasteiger partial charge >= 0.3 is 0 Å². The molecule has 120 valence electrons. The van der Waals surface area contributed by atoms with Crippen molar-refractivity contribution in [2.24, 2.45) is 9.98 Å². The van der Waals surface area contributed by atoms with Crippen molar-refractivity contribution in [1.29, 1.82) is 0 Å². The molecule has 0 fully saturated rings. The fourth-order valence-electron chi connectivity index (χ4n) is 1.84. The third-order valence-electron chi connectivity index (χ3n) is 3.10. The normalized spacial score (nSPS) is 12.9. The van der Waals surface area contributed by atoms with Gasteiger partial charge in [-0.25, -0.2) is 0 Å². The summed E-state index contributed by atoms with van der Waals surface area (Å²) in [6, 6.07) is 8.44. The largest absolute Gasteiger partial charge is 0.508 e. The highest BCUT2D eigenvalue weighted by Crippen LogP contribution is 2.21. The molecule has 0 saturated heterocycles. The smallest absolute Gasteiger partial charge is 0.128 e. The molecule has 1 unspecified atom stereocenters. The Kier molecular flexibility index (Phi) is 5.19. The maximum absolute atomic E-state index is 9.65. The number of phenolic OH excluding ortho intramolecular Hbond substituents is 4. The Hall–Kier alpha value is -3.02. The minimum absolute atomic E-state index is 0.00803. The van der Waals surface area contributed by atoms with Crippen molar-refractivity contribution in [1.82, 2.24) is 0 Å². The average molecular weight is 314 g/mol. The van der Waals surface area contributed by atoms with Crippen molar-refractivity contribution in [2.45, 2.75) is 13.0 Å². The Morgan fingerprint density at radius 3 is 1.91 bits per heavy atom. The van der Waals surface area contributed by atoms with Crippen LogP contribution in [-0.2, 0) is 0 Å². The van der Waals surface area contributed by atoms with E-state index in [-0.39, 0.29) is 29.0 Å². The van der Waals surface area contributed by atoms with Crippen LogP contribution in [0.3, 0.4) is 0 Å². The van der Waals surface area contributed by atoms with Gasteiger partial charge in [0.25, 0.3) is 0 Å². The monoisotopic (exact) mass is 314 g/mol. The van der Waals surface area contributed by atoms with Gasteiger partial charge in [0.05, 0.1) is 12.6 Å². The topological polar surface area (TPSA) is 106 Å². The van der Waals surface area contributed by atoms with Crippen molar-refractivity contribution >= 4 is 12.4 Å². The highest BCUT2D eigenvalue weighted by atomic mass is 16.3. The summed E-state index contributed by atoms with van der Waals surface area (Å²) in [4.78, 5) is 8.47. The maximum Gasteiger partial charge on any atom is 0.128 e. The number of hydrogen-bond acceptors (Lipinski definition) is 6. The number of benzene rings is 2. The molecule has 0 heterocycles. The van der Waals surface area contributed by atoms with Gasteiger partial charge in [-0.1, -0.05) is 0 Å². The Labute approximate surface area is 133 Å². The van der Waals surface area contributed by atoms with Crippen LogP contribution in [0.4, 0.5) is 0 Å². The number of rotatable bonds is 5. The van der Waals surface area contributed by atoms with E-state index in [1.807, 2.05) is 6.92 Å². The van der Waals surface area contributed by atoms with Crippen molar-refractivity contribution in [3.8, 4) is 23.0 Å². The molecule has 0 aliphatic rings. The fraction of sp³-hybridized carbons (Fsp3) is 0.176. The SMILES string of the molecule is CC(CN=Cc1ccc(O)cc1O)N=Cc1ccc(O)cc1O. The van der Waals surface area contributed by atoms with Crippen LogP contribution in [0.1, 0.15) is 18.1 Å². The number of aliphatic imine (C=N–C) groups is 2. The summed E-state index contributed by atoms with van der Waals surface area (Å²) in [6.45, 7) is 2.26. The van der Waals surface area contributed by atoms with Crippen LogP contribution < -0.4 is 0 Å². The summed E-state index contributed by atoms with van der Waals surface area (Å²) in [5.74, 6) is -0.102. The van der Waals surface area contributed by atoms with E-state index in [4.69, 9.17) is 0 Å². The van der Waals surface area contributed by atoms with Crippen LogP contribution in [0.15, 0.2) is 46.4 Å². The Bertz CT molecular complexity index is 741. The van der Waals surface area contributed by atoms with Crippen LogP contribution in [0.5, 0.6) is 23.0 Å². The Morgan fingerprint density at radius 2 is 1.39 bits per heavy atom. The van der Waals surface area contributed by atoms with E-state index in [0.717, 1.165) is 0 Å². The van der Waals surface area contributed by atoms with Crippen LogP contribution in [0.25, 0.3) is 0 Å². The summed E-state index contributed by atoms with van der Waals surface area (Å²) in [7, 11) is 0. The molecule has 23 heavy (non-hydrogen) atoms. The zero-order chi connectivity index (χ0) is 16.8. The predicted octanol–water partition coefficient (Wildman–Crippen LogP) is 2.44. The van der Waals surface area contributed by atoms with Crippen LogP contribution in [0, 0.1) is 0 Å². The molecule has 0 bridgehead atoms. The molecule has 0 aliphatic carbocycles. The summed E-state index contributed by atoms with van der Waals surface area (Å²) < 4.78 is 0. The van der Waals surface area contributed by atoms with Gasteiger partial charge in [0.2, 0.25) is 0 Å². The lowest BCUT2D eigenvalue weighted by Crippen LogP contribution is -2.04. The first kappa shape index (κ1) is 16.4. The van der Waals surface area contributed by atoms with Gasteiger partial charge in [0.1, 0.15) is 23.0 Å². The number of phenols is 4. The summed E-state index contributed by atoms with van der Waals surface area (Å²) >= 11 is 0. The molecule has 2 aromatic rings. The second-order valence-electron chi connectivity index (χ2n) is 5.11. The summed E-state index contributed by atoms with van der Waals surface area (Å²) in [5.41, 5.74) is 1.02. The Morgan fingerprint density at radius 1 is 0.870 bits per heavy atom. The molecule has 1 atom stereocenters. The van der Waals surface area contributed by atoms with Gasteiger partial charge in [0.15, 0.2) is 0 Å². The minimum Gasteiger partial charge on any atom is -0.508 e. The first-order valence-electron chi connectivity index (χ1n) is 7.02. The molecule has 0 spiro atoms. The summed E-state index contributed by atoms with van der Waals surface area (Å²) in [6.07, 6.45) is 3.03. The van der Waals surface area contributed by atoms with E-state index < -0.39 is 0 Å². The van der Waals surface area contributed by atoms with E-state index in [1.54, 1.807) is 12.1 Å². The van der Waals surface area contributed by atoms with Gasteiger partial charge in [-0.2, -0.15) is 0 Å². The van der Waals surface area contributed by atoms with E-state index in [2.05, 4.69) is 9.98 Å². The molecule has 0 aromatic heterocycles. The molecule has 6 heteroatoms. The van der Waals surface area contributed by atoms with E-state index in [1.165, 1.54) is 36.7 Å². The van der Waals surface area contributed by atoms with E-state index >= 15 is 0 Å². The molecule has 2 aromatic carbocycles. The quantitative estimate of drug-likeness (QED) is 0.636. The van der Waals surface area contributed by atoms with Crippen LogP contribution in [0.2, 0.25) is 0 Å². The first-order chi connectivity index (χ1) is 11.0. The lowest BCUT2D eigenvalue weighted by molar-refractivity contribution is 0.449. The third kappa shape index (κ3) is 4.74. The third-order valence-corrected chi connectivity index (χ3v) is 3.10. The number of aromatic hydroxyl groups is 4. The predicted molar refractivity (Wildman–Crippen MR) is 89.1 cm³/mol. The van der Waals surface area contributed by atoms with Crippen molar-refractivity contribution in [2.75, 3.05) is 6.54 Å². The minimum atomic E-state index is -0.126. The lowest BCUT2D eigenvalue weighted by Gasteiger charge is -2.04. The number of nitrogens with zero attached hydrogens (tertiary/aromatic N) is 2. The molecule has 6 nitrogen and oxygen atoms in total. The molecule has 0 radical (unpaired) electrons. The molecule has 0 amide bonds. The second-order valence-corrected chi connectivity index (χ2v) is 5.11.